The third-order valence-electron chi connectivity index (χ3n) is 3.62. The summed E-state index contributed by atoms with van der Waals surface area (Å²) in [6.45, 7) is 3.84. The van der Waals surface area contributed by atoms with Gasteiger partial charge in [-0.15, -0.1) is 0 Å². The van der Waals surface area contributed by atoms with Gasteiger partial charge >= 0.3 is 0 Å². The van der Waals surface area contributed by atoms with Gasteiger partial charge < -0.3 is 20.4 Å². The molecule has 0 amide bonds. The Labute approximate surface area is 145 Å². The van der Waals surface area contributed by atoms with Gasteiger partial charge in [0.15, 0.2) is 5.78 Å². The van der Waals surface area contributed by atoms with Crippen LogP contribution in [0.5, 0.6) is 17.2 Å². The average molecular weight is 340 g/mol. The first-order chi connectivity index (χ1) is 11.8. The topological polar surface area (TPSA) is 98.0 Å². The molecule has 0 spiro atoms. The van der Waals surface area contributed by atoms with E-state index >= 15 is 0 Å². The van der Waals surface area contributed by atoms with Gasteiger partial charge in [-0.1, -0.05) is 11.6 Å². The van der Waals surface area contributed by atoms with E-state index in [0.717, 1.165) is 17.7 Å². The first-order valence-corrected chi connectivity index (χ1v) is 7.70. The molecule has 0 bridgehead atoms. The molecule has 4 N–H and O–H groups in total. The first kappa shape index (κ1) is 18.1. The van der Waals surface area contributed by atoms with Gasteiger partial charge in [-0.2, -0.15) is 0 Å². The van der Waals surface area contributed by atoms with Crippen molar-refractivity contribution in [2.45, 2.75) is 20.3 Å². The quantitative estimate of drug-likeness (QED) is 0.284. The summed E-state index contributed by atoms with van der Waals surface area (Å²) in [5.41, 5.74) is 1.90. The fraction of sp³-hybridized carbons (Fsp3) is 0.150. The second-order valence-electron chi connectivity index (χ2n) is 5.92. The Balaban J connectivity index is 2.34. The summed E-state index contributed by atoms with van der Waals surface area (Å²) in [4.78, 5) is 12.4. The molecule has 2 aromatic carbocycles. The van der Waals surface area contributed by atoms with Gasteiger partial charge in [0.05, 0.1) is 5.56 Å². The third kappa shape index (κ3) is 4.64. The van der Waals surface area contributed by atoms with Crippen LogP contribution in [-0.2, 0) is 6.42 Å². The van der Waals surface area contributed by atoms with Crippen LogP contribution in [0.3, 0.4) is 0 Å². The van der Waals surface area contributed by atoms with E-state index in [2.05, 4.69) is 0 Å². The lowest BCUT2D eigenvalue weighted by atomic mass is 10.0. The Morgan fingerprint density at radius 1 is 1.00 bits per heavy atom. The maximum absolute atomic E-state index is 12.4. The van der Waals surface area contributed by atoms with E-state index in [4.69, 9.17) is 0 Å². The minimum absolute atomic E-state index is 0.0136. The summed E-state index contributed by atoms with van der Waals surface area (Å²) in [5.74, 6) is -1.30. The highest BCUT2D eigenvalue weighted by Gasteiger charge is 2.14. The number of phenols is 3. The Bertz CT molecular complexity index is 841. The number of aromatic hydroxyl groups is 3. The van der Waals surface area contributed by atoms with Crippen LogP contribution in [-0.4, -0.2) is 26.2 Å². The smallest absolute Gasteiger partial charge is 0.193 e. The van der Waals surface area contributed by atoms with E-state index in [1.807, 2.05) is 19.9 Å². The third-order valence-corrected chi connectivity index (χ3v) is 3.62. The van der Waals surface area contributed by atoms with Crippen molar-refractivity contribution in [2.75, 3.05) is 0 Å². The number of ketones is 1. The zero-order chi connectivity index (χ0) is 18.6. The Kier molecular flexibility index (Phi) is 5.49. The highest BCUT2D eigenvalue weighted by Crippen LogP contribution is 2.29. The van der Waals surface area contributed by atoms with Crippen molar-refractivity contribution in [3.63, 3.8) is 0 Å². The van der Waals surface area contributed by atoms with Gasteiger partial charge in [-0.3, -0.25) is 4.79 Å². The van der Waals surface area contributed by atoms with E-state index in [1.165, 1.54) is 30.3 Å². The number of benzene rings is 2. The zero-order valence-electron chi connectivity index (χ0n) is 14.0. The standard InChI is InChI=1S/C20H20O5/c1-12(2)3-4-14-9-16(20(25)11-18(14)23)19(24)10-17(22)13-5-7-15(21)8-6-13/h3,5-11,21-23,25H,4H2,1-2H3/b17-10-. The van der Waals surface area contributed by atoms with Crippen molar-refractivity contribution in [3.8, 4) is 17.2 Å². The van der Waals surface area contributed by atoms with Gasteiger partial charge in [0.1, 0.15) is 23.0 Å². The van der Waals surface area contributed by atoms with Crippen LogP contribution in [0.25, 0.3) is 5.76 Å². The Morgan fingerprint density at radius 2 is 1.64 bits per heavy atom. The Morgan fingerprint density at radius 3 is 2.24 bits per heavy atom. The highest BCUT2D eigenvalue weighted by atomic mass is 16.3. The normalized spacial score (nSPS) is 11.2. The van der Waals surface area contributed by atoms with E-state index in [-0.39, 0.29) is 28.6 Å². The first-order valence-electron chi connectivity index (χ1n) is 7.70. The van der Waals surface area contributed by atoms with E-state index in [0.29, 0.717) is 17.5 Å². The molecule has 0 saturated heterocycles. The van der Waals surface area contributed by atoms with Crippen LogP contribution in [0, 0.1) is 0 Å². The summed E-state index contributed by atoms with van der Waals surface area (Å²) in [6, 6.07) is 8.23. The number of allylic oxidation sites excluding steroid dienone is 3. The van der Waals surface area contributed by atoms with Crippen LogP contribution in [0.15, 0.2) is 54.1 Å². The number of hydrogen-bond acceptors (Lipinski definition) is 5. The van der Waals surface area contributed by atoms with E-state index in [1.54, 1.807) is 0 Å². The largest absolute Gasteiger partial charge is 0.508 e. The SMILES string of the molecule is CC(C)=CCc1cc(C(=O)/C=C(\O)c2ccc(O)cc2)c(O)cc1O. The molecule has 5 nitrogen and oxygen atoms in total. The molecule has 130 valence electrons. The van der Waals surface area contributed by atoms with Crippen molar-refractivity contribution < 1.29 is 25.2 Å². The predicted molar refractivity (Wildman–Crippen MR) is 95.9 cm³/mol. The summed E-state index contributed by atoms with van der Waals surface area (Å²) in [5, 5.41) is 39.2. The summed E-state index contributed by atoms with van der Waals surface area (Å²) in [6.07, 6.45) is 3.30. The molecule has 0 atom stereocenters. The molecule has 0 aromatic heterocycles. The molecule has 0 radical (unpaired) electrons. The molecular formula is C20H20O5. The second-order valence-corrected chi connectivity index (χ2v) is 5.92. The molecule has 2 aromatic rings. The van der Waals surface area contributed by atoms with Crippen molar-refractivity contribution in [1.82, 2.24) is 0 Å². The maximum atomic E-state index is 12.4. The van der Waals surface area contributed by atoms with Crippen LogP contribution in [0.2, 0.25) is 0 Å². The van der Waals surface area contributed by atoms with Gasteiger partial charge in [0, 0.05) is 17.7 Å². The van der Waals surface area contributed by atoms with Crippen LogP contribution in [0.1, 0.15) is 35.3 Å². The molecule has 5 heteroatoms. The number of hydrogen-bond donors (Lipinski definition) is 4. The molecule has 0 aliphatic rings. The number of aliphatic hydroxyl groups is 1. The maximum Gasteiger partial charge on any atom is 0.193 e. The van der Waals surface area contributed by atoms with Crippen LogP contribution < -0.4 is 0 Å². The molecule has 0 aliphatic carbocycles. The van der Waals surface area contributed by atoms with Gasteiger partial charge in [-0.25, -0.2) is 0 Å². The van der Waals surface area contributed by atoms with Crippen molar-refractivity contribution in [2.24, 2.45) is 0 Å². The Hall–Kier alpha value is -3.21. The lowest BCUT2D eigenvalue weighted by Gasteiger charge is -2.08. The number of phenolic OH excluding ortho intramolecular Hbond substituents is 3. The lowest BCUT2D eigenvalue weighted by molar-refractivity contribution is 0.104. The monoisotopic (exact) mass is 340 g/mol. The van der Waals surface area contributed by atoms with Crippen LogP contribution in [0.4, 0.5) is 0 Å². The zero-order valence-corrected chi connectivity index (χ0v) is 14.0. The highest BCUT2D eigenvalue weighted by molar-refractivity contribution is 6.09. The minimum atomic E-state index is -0.596. The predicted octanol–water partition coefficient (Wildman–Crippen LogP) is 4.09. The number of rotatable bonds is 5. The molecule has 0 fully saturated rings. The molecule has 0 unspecified atom stereocenters. The lowest BCUT2D eigenvalue weighted by Crippen LogP contribution is -1.99. The van der Waals surface area contributed by atoms with Crippen molar-refractivity contribution in [1.29, 1.82) is 0 Å². The molecular weight excluding hydrogens is 320 g/mol. The number of carbonyl (C=O) groups excluding carboxylic acids is 1. The van der Waals surface area contributed by atoms with E-state index in [9.17, 15) is 25.2 Å². The van der Waals surface area contributed by atoms with Crippen molar-refractivity contribution in [3.05, 3.63) is 70.8 Å². The fourth-order valence-corrected chi connectivity index (χ4v) is 2.21. The van der Waals surface area contributed by atoms with Crippen LogP contribution >= 0.6 is 0 Å². The van der Waals surface area contributed by atoms with Gasteiger partial charge in [-0.05, 0) is 56.2 Å². The van der Waals surface area contributed by atoms with Gasteiger partial charge in [0.2, 0.25) is 0 Å². The minimum Gasteiger partial charge on any atom is -0.508 e. The average Bonchev–Trinajstić information content (AvgIpc) is 2.54. The molecule has 0 aliphatic heterocycles. The summed E-state index contributed by atoms with van der Waals surface area (Å²) >= 11 is 0. The van der Waals surface area contributed by atoms with Gasteiger partial charge in [0.25, 0.3) is 0 Å². The van der Waals surface area contributed by atoms with Crippen molar-refractivity contribution >= 4 is 11.5 Å². The molecule has 0 saturated carbocycles. The molecule has 25 heavy (non-hydrogen) atoms. The number of carbonyl (C=O) groups is 1. The summed E-state index contributed by atoms with van der Waals surface area (Å²) < 4.78 is 0. The summed E-state index contributed by atoms with van der Waals surface area (Å²) in [7, 11) is 0. The van der Waals surface area contributed by atoms with E-state index < -0.39 is 5.78 Å². The molecule has 0 heterocycles. The fourth-order valence-electron chi connectivity index (χ4n) is 2.21. The molecule has 2 rings (SSSR count). The number of aliphatic hydroxyl groups excluding tert-OH is 1. The second kappa shape index (κ2) is 7.57.